The maximum Gasteiger partial charge on any atom is 2.00 e. The van der Waals surface area contributed by atoms with E-state index in [0.717, 1.165) is 39.2 Å². The minimum Gasteiger partial charge on any atom is -0.346 e. The first-order chi connectivity index (χ1) is 15.3. The van der Waals surface area contributed by atoms with Crippen LogP contribution in [0.5, 0.6) is 0 Å². The molecule has 4 aromatic rings. The fourth-order valence-electron chi connectivity index (χ4n) is 3.00. The Bertz CT molecular complexity index is 1080. The van der Waals surface area contributed by atoms with Crippen LogP contribution in [0.4, 0.5) is 0 Å². The van der Waals surface area contributed by atoms with Gasteiger partial charge < -0.3 is 6.92 Å². The molecule has 4 rings (SSSR count). The molecule has 0 spiro atoms. The molecule has 32 heavy (non-hydrogen) atoms. The number of aryl methyl sites for hydroxylation is 1. The number of hydrogen-bond acceptors (Lipinski definition) is 3. The second kappa shape index (κ2) is 15.0. The zero-order valence-corrected chi connectivity index (χ0v) is 22.1. The fourth-order valence-corrected chi connectivity index (χ4v) is 3.00. The Hall–Kier alpha value is -2.90. The third kappa shape index (κ3) is 7.35. The average Bonchev–Trinajstić information content (AvgIpc) is 2.86. The Balaban J connectivity index is 0.000000971. The number of nitrogens with zero attached hydrogens (tertiary/aromatic N) is 3. The fraction of sp³-hybridized carbons (Fsp3) is 0.143. The van der Waals surface area contributed by atoms with Crippen molar-refractivity contribution in [2.45, 2.75) is 27.7 Å². The van der Waals surface area contributed by atoms with Crippen LogP contribution >= 0.6 is 0 Å². The minimum absolute atomic E-state index is 0. The summed E-state index contributed by atoms with van der Waals surface area (Å²) in [6.45, 7) is 11.1. The van der Waals surface area contributed by atoms with Crippen molar-refractivity contribution < 1.29 is 21.1 Å². The molecule has 3 aromatic heterocycles. The van der Waals surface area contributed by atoms with Crippen molar-refractivity contribution in [3.63, 3.8) is 0 Å². The number of pyridine rings is 3. The van der Waals surface area contributed by atoms with Gasteiger partial charge in [0.15, 0.2) is 0 Å². The van der Waals surface area contributed by atoms with Gasteiger partial charge in [-0.05, 0) is 41.9 Å². The van der Waals surface area contributed by atoms with Crippen molar-refractivity contribution in [1.82, 2.24) is 15.0 Å². The summed E-state index contributed by atoms with van der Waals surface area (Å²) in [4.78, 5) is 13.4. The average molecular weight is 591 g/mol. The van der Waals surface area contributed by atoms with Crippen LogP contribution in [0.3, 0.4) is 0 Å². The van der Waals surface area contributed by atoms with E-state index in [2.05, 4.69) is 65.2 Å². The predicted octanol–water partition coefficient (Wildman–Crippen LogP) is 7.35. The van der Waals surface area contributed by atoms with E-state index in [1.165, 1.54) is 0 Å². The van der Waals surface area contributed by atoms with Gasteiger partial charge in [-0.25, -0.2) is 12.1 Å². The second-order valence-electron chi connectivity index (χ2n) is 6.25. The zero-order valence-electron chi connectivity index (χ0n) is 19.1. The molecule has 0 amide bonds. The largest absolute Gasteiger partial charge is 2.00 e. The molecular weight excluding hydrogens is 562 g/mol. The summed E-state index contributed by atoms with van der Waals surface area (Å²) in [7, 11) is 0. The summed E-state index contributed by atoms with van der Waals surface area (Å²) < 4.78 is 0. The first-order valence-electron chi connectivity index (χ1n) is 10.5. The maximum absolute atomic E-state index is 4.67. The van der Waals surface area contributed by atoms with E-state index >= 15 is 0 Å². The number of hydrogen-bond donors (Lipinski definition) is 0. The van der Waals surface area contributed by atoms with Crippen LogP contribution in [0.25, 0.3) is 34.7 Å². The van der Waals surface area contributed by atoms with Crippen LogP contribution in [-0.4, -0.2) is 15.0 Å². The third-order valence-corrected chi connectivity index (χ3v) is 4.32. The number of aromatic nitrogens is 3. The molecule has 0 atom stereocenters. The maximum atomic E-state index is 4.67. The molecular formula is C28H29N3W. The Kier molecular flexibility index (Phi) is 12.7. The van der Waals surface area contributed by atoms with Crippen LogP contribution in [0, 0.1) is 19.9 Å². The quantitative estimate of drug-likeness (QED) is 0.233. The van der Waals surface area contributed by atoms with Gasteiger partial charge >= 0.3 is 21.1 Å². The normalized spacial score (nSPS) is 9.66. The second-order valence-corrected chi connectivity index (χ2v) is 6.25. The van der Waals surface area contributed by atoms with E-state index in [-0.39, 0.29) is 21.1 Å². The molecule has 0 aliphatic carbocycles. The van der Waals surface area contributed by atoms with Crippen LogP contribution in [0.2, 0.25) is 0 Å². The first kappa shape index (κ1) is 27.1. The monoisotopic (exact) mass is 591 g/mol. The Morgan fingerprint density at radius 2 is 1.59 bits per heavy atom. The van der Waals surface area contributed by atoms with Gasteiger partial charge in [-0.1, -0.05) is 56.5 Å². The number of benzene rings is 1. The Morgan fingerprint density at radius 1 is 0.844 bits per heavy atom. The van der Waals surface area contributed by atoms with Crippen LogP contribution in [0.1, 0.15) is 37.5 Å². The van der Waals surface area contributed by atoms with Crippen LogP contribution in [0.15, 0.2) is 79.4 Å². The minimum atomic E-state index is 0. The van der Waals surface area contributed by atoms with E-state index in [0.29, 0.717) is 0 Å². The van der Waals surface area contributed by atoms with Gasteiger partial charge in [0, 0.05) is 29.7 Å². The van der Waals surface area contributed by atoms with Gasteiger partial charge in [-0.15, -0.1) is 11.6 Å². The summed E-state index contributed by atoms with van der Waals surface area (Å²) in [6.07, 6.45) is 11.3. The molecule has 0 aliphatic rings. The van der Waals surface area contributed by atoms with Crippen LogP contribution < -0.4 is 0 Å². The molecule has 162 valence electrons. The van der Waals surface area contributed by atoms with Gasteiger partial charge in [-0.3, -0.25) is 15.0 Å². The van der Waals surface area contributed by atoms with Crippen molar-refractivity contribution in [2.24, 2.45) is 0 Å². The third-order valence-electron chi connectivity index (χ3n) is 4.32. The molecule has 1 aromatic carbocycles. The van der Waals surface area contributed by atoms with Crippen molar-refractivity contribution in [3.05, 3.63) is 109 Å². The molecule has 0 N–H and O–H groups in total. The summed E-state index contributed by atoms with van der Waals surface area (Å²) in [5.74, 6) is 0. The van der Waals surface area contributed by atoms with Crippen molar-refractivity contribution in [3.8, 4) is 22.5 Å². The molecule has 0 saturated heterocycles. The topological polar surface area (TPSA) is 38.7 Å². The van der Waals surface area contributed by atoms with E-state index in [1.807, 2.05) is 62.6 Å². The molecule has 0 unspecified atom stereocenters. The smallest absolute Gasteiger partial charge is 0.346 e. The zero-order chi connectivity index (χ0) is 22.5. The molecule has 0 radical (unpaired) electrons. The number of rotatable bonds is 4. The van der Waals surface area contributed by atoms with Gasteiger partial charge in [0.1, 0.15) is 0 Å². The summed E-state index contributed by atoms with van der Waals surface area (Å²) >= 11 is 0. The summed E-state index contributed by atoms with van der Waals surface area (Å²) in [5, 5.41) is 0. The Labute approximate surface area is 207 Å². The van der Waals surface area contributed by atoms with Gasteiger partial charge in [0.2, 0.25) is 0 Å². The molecule has 0 saturated carbocycles. The standard InChI is InChI=1S/C24H18N3.C2H6.C2H5.W/c1-18-15-22(17-27-23(18)21-10-5-13-25-16-21)24-20(9-6-14-26-24)12-11-19-7-3-2-4-8-19;2*1-2;/h2-5,7-17H,1H3;1-2H3;1H2,2H3;/q-1;;-1;+2/b12-11+;;;. The summed E-state index contributed by atoms with van der Waals surface area (Å²) in [6, 6.07) is 21.3. The van der Waals surface area contributed by atoms with Gasteiger partial charge in [-0.2, -0.15) is 6.92 Å². The van der Waals surface area contributed by atoms with E-state index in [9.17, 15) is 0 Å². The molecule has 3 heterocycles. The van der Waals surface area contributed by atoms with E-state index in [4.69, 9.17) is 0 Å². The van der Waals surface area contributed by atoms with E-state index < -0.39 is 0 Å². The molecule has 0 fully saturated rings. The molecule has 4 heteroatoms. The van der Waals surface area contributed by atoms with Crippen molar-refractivity contribution in [2.75, 3.05) is 0 Å². The molecule has 3 nitrogen and oxygen atoms in total. The molecule has 0 aliphatic heterocycles. The van der Waals surface area contributed by atoms with Gasteiger partial charge in [0.25, 0.3) is 0 Å². The molecule has 0 bridgehead atoms. The predicted molar refractivity (Wildman–Crippen MR) is 132 cm³/mol. The first-order valence-corrected chi connectivity index (χ1v) is 10.5. The SMILES string of the molecule is CC.Cc1cc(-c2nc[c-]cc2/C=C/c2ccccc2)cnc1-c1cccnc1.[CH2-]C.[W+2]. The van der Waals surface area contributed by atoms with Crippen molar-refractivity contribution in [1.29, 1.82) is 0 Å². The Morgan fingerprint density at radius 3 is 2.25 bits per heavy atom. The van der Waals surface area contributed by atoms with Gasteiger partial charge in [0.05, 0.1) is 5.69 Å². The summed E-state index contributed by atoms with van der Waals surface area (Å²) in [5.41, 5.74) is 7.09. The van der Waals surface area contributed by atoms with E-state index in [1.54, 1.807) is 19.3 Å². The van der Waals surface area contributed by atoms with Crippen molar-refractivity contribution >= 4 is 12.2 Å². The van der Waals surface area contributed by atoms with Crippen LogP contribution in [-0.2, 0) is 21.1 Å².